The van der Waals surface area contributed by atoms with E-state index in [0.29, 0.717) is 24.5 Å². The smallest absolute Gasteiger partial charge is 0.270 e. The fraction of sp³-hybridized carbons (Fsp3) is 0.190. The summed E-state index contributed by atoms with van der Waals surface area (Å²) in [5.74, 6) is 0.514. The molecule has 0 bridgehead atoms. The maximum atomic E-state index is 12.5. The number of carbonyl (C=O) groups is 2. The number of benzene rings is 2. The van der Waals surface area contributed by atoms with Gasteiger partial charge in [0.25, 0.3) is 5.91 Å². The second-order valence-corrected chi connectivity index (χ2v) is 5.75. The summed E-state index contributed by atoms with van der Waals surface area (Å²) in [6.45, 7) is 2.85. The van der Waals surface area contributed by atoms with Gasteiger partial charge in [-0.25, -0.2) is 4.98 Å². The Kier molecular flexibility index (Phi) is 5.59. The van der Waals surface area contributed by atoms with Gasteiger partial charge in [0.2, 0.25) is 0 Å². The van der Waals surface area contributed by atoms with E-state index in [9.17, 15) is 9.59 Å². The summed E-state index contributed by atoms with van der Waals surface area (Å²) in [6, 6.07) is 17.2. The highest BCUT2D eigenvalue weighted by molar-refractivity contribution is 6.06. The number of fused-ring (bicyclic) bond motifs is 1. The van der Waals surface area contributed by atoms with E-state index in [1.54, 1.807) is 0 Å². The molecule has 3 rings (SSSR count). The summed E-state index contributed by atoms with van der Waals surface area (Å²) in [5, 5.41) is 4.46. The lowest BCUT2D eigenvalue weighted by molar-refractivity contribution is -0.107. The Hall–Kier alpha value is -3.21. The van der Waals surface area contributed by atoms with Crippen LogP contribution in [0, 0.1) is 0 Å². The normalized spacial score (nSPS) is 10.5. The monoisotopic (exact) mass is 348 g/mol. The Morgan fingerprint density at radius 3 is 2.65 bits per heavy atom. The van der Waals surface area contributed by atoms with Crippen molar-refractivity contribution in [2.45, 2.75) is 13.3 Å². The number of amides is 1. The minimum absolute atomic E-state index is 0.280. The molecule has 1 N–H and O–H groups in total. The zero-order valence-corrected chi connectivity index (χ0v) is 14.6. The van der Waals surface area contributed by atoms with Crippen LogP contribution in [0.25, 0.3) is 22.0 Å². The average Bonchev–Trinajstić information content (AvgIpc) is 2.68. The summed E-state index contributed by atoms with van der Waals surface area (Å²) in [6.07, 6.45) is 1.06. The molecular formula is C21H20N2O3. The largest absolute Gasteiger partial charge is 0.494 e. The summed E-state index contributed by atoms with van der Waals surface area (Å²) >= 11 is 0. The summed E-state index contributed by atoms with van der Waals surface area (Å²) in [5.41, 5.74) is 1.98. The summed E-state index contributed by atoms with van der Waals surface area (Å²) in [7, 11) is 0. The number of aromatic nitrogens is 1. The van der Waals surface area contributed by atoms with E-state index in [1.807, 2.05) is 61.5 Å². The molecule has 2 aromatic carbocycles. The van der Waals surface area contributed by atoms with Gasteiger partial charge in [-0.3, -0.25) is 4.79 Å². The van der Waals surface area contributed by atoms with Crippen molar-refractivity contribution < 1.29 is 14.3 Å². The third kappa shape index (κ3) is 3.88. The molecule has 0 saturated heterocycles. The molecule has 0 spiro atoms. The van der Waals surface area contributed by atoms with Gasteiger partial charge in [0, 0.05) is 23.9 Å². The van der Waals surface area contributed by atoms with Crippen LogP contribution in [0.5, 0.6) is 5.75 Å². The van der Waals surface area contributed by atoms with Crippen molar-refractivity contribution in [2.24, 2.45) is 0 Å². The Morgan fingerprint density at radius 2 is 1.92 bits per heavy atom. The fourth-order valence-corrected chi connectivity index (χ4v) is 2.74. The molecule has 0 aliphatic rings. The molecule has 132 valence electrons. The number of hydrogen-bond donors (Lipinski definition) is 1. The molecule has 5 heteroatoms. The maximum Gasteiger partial charge on any atom is 0.270 e. The predicted octanol–water partition coefficient (Wildman–Crippen LogP) is 3.62. The van der Waals surface area contributed by atoms with Crippen molar-refractivity contribution in [2.75, 3.05) is 13.2 Å². The molecule has 26 heavy (non-hydrogen) atoms. The van der Waals surface area contributed by atoms with Gasteiger partial charge < -0.3 is 14.8 Å². The number of hydrogen-bond acceptors (Lipinski definition) is 4. The van der Waals surface area contributed by atoms with E-state index >= 15 is 0 Å². The third-order valence-electron chi connectivity index (χ3n) is 3.96. The average molecular weight is 348 g/mol. The van der Waals surface area contributed by atoms with Crippen LogP contribution in [0.3, 0.4) is 0 Å². The Morgan fingerprint density at radius 1 is 1.15 bits per heavy atom. The SMILES string of the molecule is CCOc1ccc(-c2cc3ccccc3c(C(=O)NCCC=O)n2)cc1. The highest BCUT2D eigenvalue weighted by Crippen LogP contribution is 2.26. The van der Waals surface area contributed by atoms with Crippen molar-refractivity contribution in [3.05, 3.63) is 60.3 Å². The highest BCUT2D eigenvalue weighted by atomic mass is 16.5. The zero-order chi connectivity index (χ0) is 18.4. The lowest BCUT2D eigenvalue weighted by Crippen LogP contribution is -2.26. The van der Waals surface area contributed by atoms with Gasteiger partial charge in [-0.2, -0.15) is 0 Å². The van der Waals surface area contributed by atoms with Crippen LogP contribution >= 0.6 is 0 Å². The van der Waals surface area contributed by atoms with Gasteiger partial charge in [0.05, 0.1) is 12.3 Å². The molecule has 1 aromatic heterocycles. The molecule has 1 heterocycles. The fourth-order valence-electron chi connectivity index (χ4n) is 2.74. The highest BCUT2D eigenvalue weighted by Gasteiger charge is 2.14. The van der Waals surface area contributed by atoms with Crippen molar-refractivity contribution >= 4 is 23.0 Å². The second kappa shape index (κ2) is 8.25. The van der Waals surface area contributed by atoms with Crippen molar-refractivity contribution in [3.8, 4) is 17.0 Å². The molecule has 0 atom stereocenters. The van der Waals surface area contributed by atoms with E-state index in [1.165, 1.54) is 0 Å². The lowest BCUT2D eigenvalue weighted by atomic mass is 10.0. The van der Waals surface area contributed by atoms with Crippen LogP contribution in [0.1, 0.15) is 23.8 Å². The number of pyridine rings is 1. The van der Waals surface area contributed by atoms with Crippen molar-refractivity contribution in [1.29, 1.82) is 0 Å². The van der Waals surface area contributed by atoms with E-state index in [2.05, 4.69) is 10.3 Å². The third-order valence-corrected chi connectivity index (χ3v) is 3.96. The number of ether oxygens (including phenoxy) is 1. The lowest BCUT2D eigenvalue weighted by Gasteiger charge is -2.10. The van der Waals surface area contributed by atoms with E-state index in [4.69, 9.17) is 4.74 Å². The molecule has 0 aliphatic heterocycles. The molecule has 1 amide bonds. The van der Waals surface area contributed by atoms with Gasteiger partial charge >= 0.3 is 0 Å². The zero-order valence-electron chi connectivity index (χ0n) is 14.6. The second-order valence-electron chi connectivity index (χ2n) is 5.75. The number of aldehydes is 1. The van der Waals surface area contributed by atoms with E-state index < -0.39 is 0 Å². The first kappa shape index (κ1) is 17.6. The first-order valence-corrected chi connectivity index (χ1v) is 8.57. The van der Waals surface area contributed by atoms with E-state index in [-0.39, 0.29) is 12.3 Å². The van der Waals surface area contributed by atoms with E-state index in [0.717, 1.165) is 28.4 Å². The molecule has 3 aromatic rings. The van der Waals surface area contributed by atoms with Crippen LogP contribution in [0.15, 0.2) is 54.6 Å². The number of nitrogens with zero attached hydrogens (tertiary/aromatic N) is 1. The van der Waals surface area contributed by atoms with Crippen LogP contribution in [-0.2, 0) is 4.79 Å². The number of nitrogens with one attached hydrogen (secondary N) is 1. The number of rotatable bonds is 7. The topological polar surface area (TPSA) is 68.3 Å². The summed E-state index contributed by atoms with van der Waals surface area (Å²) in [4.78, 5) is 27.6. The number of carbonyl (C=O) groups excluding carboxylic acids is 2. The van der Waals surface area contributed by atoms with Crippen LogP contribution in [0.4, 0.5) is 0 Å². The van der Waals surface area contributed by atoms with Crippen LogP contribution < -0.4 is 10.1 Å². The van der Waals surface area contributed by atoms with Gasteiger partial charge in [0.15, 0.2) is 0 Å². The van der Waals surface area contributed by atoms with Crippen molar-refractivity contribution in [1.82, 2.24) is 10.3 Å². The molecule has 5 nitrogen and oxygen atoms in total. The van der Waals surface area contributed by atoms with Gasteiger partial charge in [-0.15, -0.1) is 0 Å². The molecule has 0 saturated carbocycles. The maximum absolute atomic E-state index is 12.5. The molecule has 0 radical (unpaired) electrons. The van der Waals surface area contributed by atoms with Gasteiger partial charge in [-0.1, -0.05) is 24.3 Å². The molecule has 0 aliphatic carbocycles. The first-order chi connectivity index (χ1) is 12.7. The minimum atomic E-state index is -0.282. The van der Waals surface area contributed by atoms with Crippen LogP contribution in [-0.4, -0.2) is 30.3 Å². The Labute approximate surface area is 152 Å². The predicted molar refractivity (Wildman–Crippen MR) is 101 cm³/mol. The molecule has 0 fully saturated rings. The quantitative estimate of drug-likeness (QED) is 0.523. The Bertz CT molecular complexity index is 920. The van der Waals surface area contributed by atoms with Crippen LogP contribution in [0.2, 0.25) is 0 Å². The van der Waals surface area contributed by atoms with Gasteiger partial charge in [-0.05, 0) is 42.6 Å². The summed E-state index contributed by atoms with van der Waals surface area (Å²) < 4.78 is 5.47. The van der Waals surface area contributed by atoms with Gasteiger partial charge in [0.1, 0.15) is 17.7 Å². The first-order valence-electron chi connectivity index (χ1n) is 8.57. The minimum Gasteiger partial charge on any atom is -0.494 e. The molecule has 0 unspecified atom stereocenters. The Balaban J connectivity index is 2.01. The molecular weight excluding hydrogens is 328 g/mol. The standard InChI is InChI=1S/C21H20N2O3/c1-2-26-17-10-8-15(9-11-17)19-14-16-6-3-4-7-18(16)20(23-19)21(25)22-12-5-13-24/h3-4,6-11,13-14H,2,5,12H2,1H3,(H,22,25). The van der Waals surface area contributed by atoms with Crippen molar-refractivity contribution in [3.63, 3.8) is 0 Å².